The lowest BCUT2D eigenvalue weighted by atomic mass is 9.84. The van der Waals surface area contributed by atoms with Gasteiger partial charge in [0.05, 0.1) is 5.56 Å². The molecule has 3 aromatic rings. The molecular formula is C28H31NO2. The van der Waals surface area contributed by atoms with Crippen molar-refractivity contribution in [2.45, 2.75) is 44.6 Å². The maximum atomic E-state index is 13.1. The summed E-state index contributed by atoms with van der Waals surface area (Å²) in [4.78, 5) is 13.1. The molecule has 0 amide bonds. The van der Waals surface area contributed by atoms with Crippen LogP contribution in [0.3, 0.4) is 0 Å². The average molecular weight is 414 g/mol. The lowest BCUT2D eigenvalue weighted by Crippen LogP contribution is -2.43. The molecule has 0 atom stereocenters. The molecule has 0 radical (unpaired) electrons. The Morgan fingerprint density at radius 2 is 1.35 bits per heavy atom. The zero-order valence-electron chi connectivity index (χ0n) is 18.7. The predicted octanol–water partition coefficient (Wildman–Crippen LogP) is 6.09. The first-order valence-electron chi connectivity index (χ1n) is 11.1. The van der Waals surface area contributed by atoms with Gasteiger partial charge in [-0.3, -0.25) is 0 Å². The second kappa shape index (κ2) is 8.68. The molecule has 3 aromatic carbocycles. The molecule has 0 bridgehead atoms. The Morgan fingerprint density at radius 3 is 1.90 bits per heavy atom. The molecule has 0 saturated carbocycles. The SMILES string of the molecule is CC(C)(C)c1ccc(-c2ccc(C(=O)OC3(c4ccccc4)CCNCC3)cc2)cc1. The summed E-state index contributed by atoms with van der Waals surface area (Å²) in [5.41, 5.74) is 4.78. The van der Waals surface area contributed by atoms with E-state index in [1.165, 1.54) is 5.56 Å². The Morgan fingerprint density at radius 1 is 0.806 bits per heavy atom. The summed E-state index contributed by atoms with van der Waals surface area (Å²) in [6.07, 6.45) is 1.56. The summed E-state index contributed by atoms with van der Waals surface area (Å²) in [6, 6.07) is 26.5. The quantitative estimate of drug-likeness (QED) is 0.526. The van der Waals surface area contributed by atoms with Gasteiger partial charge in [0.1, 0.15) is 5.60 Å². The van der Waals surface area contributed by atoms with Gasteiger partial charge in [-0.25, -0.2) is 4.79 Å². The van der Waals surface area contributed by atoms with Gasteiger partial charge in [0.2, 0.25) is 0 Å². The zero-order valence-corrected chi connectivity index (χ0v) is 18.7. The lowest BCUT2D eigenvalue weighted by molar-refractivity contribution is -0.0378. The molecule has 4 rings (SSSR count). The van der Waals surface area contributed by atoms with Crippen LogP contribution >= 0.6 is 0 Å². The Hall–Kier alpha value is -2.91. The molecule has 0 aliphatic carbocycles. The number of nitrogens with one attached hydrogen (secondary N) is 1. The highest BCUT2D eigenvalue weighted by Crippen LogP contribution is 2.36. The molecule has 160 valence electrons. The van der Waals surface area contributed by atoms with E-state index in [4.69, 9.17) is 4.74 Å². The van der Waals surface area contributed by atoms with Crippen LogP contribution in [0.25, 0.3) is 11.1 Å². The van der Waals surface area contributed by atoms with Crippen LogP contribution < -0.4 is 5.32 Å². The first-order valence-corrected chi connectivity index (χ1v) is 11.1. The normalized spacial score (nSPS) is 16.0. The van der Waals surface area contributed by atoms with Gasteiger partial charge in [-0.15, -0.1) is 0 Å². The topological polar surface area (TPSA) is 38.3 Å². The van der Waals surface area contributed by atoms with Gasteiger partial charge in [-0.2, -0.15) is 0 Å². The van der Waals surface area contributed by atoms with Crippen molar-refractivity contribution in [3.05, 3.63) is 95.6 Å². The fraction of sp³-hybridized carbons (Fsp3) is 0.321. The molecule has 1 aliphatic rings. The monoisotopic (exact) mass is 413 g/mol. The minimum atomic E-state index is -0.564. The summed E-state index contributed by atoms with van der Waals surface area (Å²) < 4.78 is 6.17. The van der Waals surface area contributed by atoms with Crippen LogP contribution in [0.15, 0.2) is 78.9 Å². The van der Waals surface area contributed by atoms with E-state index in [0.717, 1.165) is 42.6 Å². The fourth-order valence-corrected chi connectivity index (χ4v) is 4.22. The van der Waals surface area contributed by atoms with E-state index in [9.17, 15) is 4.79 Å². The van der Waals surface area contributed by atoms with Crippen molar-refractivity contribution < 1.29 is 9.53 Å². The largest absolute Gasteiger partial charge is 0.450 e. The summed E-state index contributed by atoms with van der Waals surface area (Å²) in [6.45, 7) is 8.32. The van der Waals surface area contributed by atoms with Crippen LogP contribution in [-0.2, 0) is 15.8 Å². The average Bonchev–Trinajstić information content (AvgIpc) is 2.80. The van der Waals surface area contributed by atoms with Gasteiger partial charge < -0.3 is 10.1 Å². The van der Waals surface area contributed by atoms with Crippen molar-refractivity contribution in [2.24, 2.45) is 0 Å². The predicted molar refractivity (Wildman–Crippen MR) is 126 cm³/mol. The van der Waals surface area contributed by atoms with Crippen LogP contribution in [0.4, 0.5) is 0 Å². The molecule has 1 heterocycles. The number of ether oxygens (including phenoxy) is 1. The van der Waals surface area contributed by atoms with Crippen LogP contribution in [0.2, 0.25) is 0 Å². The van der Waals surface area contributed by atoms with Gasteiger partial charge in [0, 0.05) is 12.8 Å². The standard InChI is InChI=1S/C28H31NO2/c1-27(2,3)24-15-13-22(14-16-24)21-9-11-23(12-10-21)26(30)31-28(17-19-29-20-18-28)25-7-5-4-6-8-25/h4-16,29H,17-20H2,1-3H3. The van der Waals surface area contributed by atoms with Crippen molar-refractivity contribution in [1.29, 1.82) is 0 Å². The van der Waals surface area contributed by atoms with Crippen LogP contribution in [0, 0.1) is 0 Å². The van der Waals surface area contributed by atoms with E-state index in [0.29, 0.717) is 5.56 Å². The zero-order chi connectivity index (χ0) is 21.9. The Balaban J connectivity index is 1.52. The molecule has 3 heteroatoms. The lowest BCUT2D eigenvalue weighted by Gasteiger charge is -2.37. The number of carbonyl (C=O) groups is 1. The summed E-state index contributed by atoms with van der Waals surface area (Å²) in [5, 5.41) is 3.37. The second-order valence-corrected chi connectivity index (χ2v) is 9.40. The van der Waals surface area contributed by atoms with Crippen LogP contribution in [0.5, 0.6) is 0 Å². The maximum absolute atomic E-state index is 13.1. The minimum Gasteiger partial charge on any atom is -0.450 e. The number of esters is 1. The van der Waals surface area contributed by atoms with Crippen LogP contribution in [0.1, 0.15) is 55.1 Å². The van der Waals surface area contributed by atoms with Crippen molar-refractivity contribution in [2.75, 3.05) is 13.1 Å². The van der Waals surface area contributed by atoms with Gasteiger partial charge in [-0.1, -0.05) is 87.5 Å². The van der Waals surface area contributed by atoms with E-state index in [-0.39, 0.29) is 11.4 Å². The van der Waals surface area contributed by atoms with Crippen molar-refractivity contribution in [1.82, 2.24) is 5.32 Å². The smallest absolute Gasteiger partial charge is 0.339 e. The number of hydrogen-bond acceptors (Lipinski definition) is 3. The summed E-state index contributed by atoms with van der Waals surface area (Å²) >= 11 is 0. The van der Waals surface area contributed by atoms with Crippen molar-refractivity contribution >= 4 is 5.97 Å². The second-order valence-electron chi connectivity index (χ2n) is 9.40. The molecule has 31 heavy (non-hydrogen) atoms. The van der Waals surface area contributed by atoms with Crippen molar-refractivity contribution in [3.8, 4) is 11.1 Å². The molecule has 1 saturated heterocycles. The third kappa shape index (κ3) is 4.72. The number of rotatable bonds is 4. The minimum absolute atomic E-state index is 0.134. The van der Waals surface area contributed by atoms with Gasteiger partial charge in [0.25, 0.3) is 0 Å². The number of piperidine rings is 1. The molecular weight excluding hydrogens is 382 g/mol. The summed E-state index contributed by atoms with van der Waals surface area (Å²) in [7, 11) is 0. The maximum Gasteiger partial charge on any atom is 0.339 e. The highest BCUT2D eigenvalue weighted by atomic mass is 16.6. The van der Waals surface area contributed by atoms with E-state index in [1.807, 2.05) is 42.5 Å². The van der Waals surface area contributed by atoms with Gasteiger partial charge in [0.15, 0.2) is 0 Å². The molecule has 1 N–H and O–H groups in total. The van der Waals surface area contributed by atoms with Gasteiger partial charge >= 0.3 is 5.97 Å². The molecule has 0 aromatic heterocycles. The first kappa shape index (κ1) is 21.3. The Bertz CT molecular complexity index is 1010. The third-order valence-electron chi connectivity index (χ3n) is 6.20. The number of benzene rings is 3. The third-order valence-corrected chi connectivity index (χ3v) is 6.20. The van der Waals surface area contributed by atoms with E-state index >= 15 is 0 Å². The van der Waals surface area contributed by atoms with E-state index in [2.05, 4.69) is 62.5 Å². The van der Waals surface area contributed by atoms with E-state index < -0.39 is 5.60 Å². The van der Waals surface area contributed by atoms with E-state index in [1.54, 1.807) is 0 Å². The van der Waals surface area contributed by atoms with Crippen LogP contribution in [-0.4, -0.2) is 19.1 Å². The fourth-order valence-electron chi connectivity index (χ4n) is 4.22. The first-order chi connectivity index (χ1) is 14.9. The Kier molecular flexibility index (Phi) is 5.97. The highest BCUT2D eigenvalue weighted by molar-refractivity contribution is 5.90. The molecule has 3 nitrogen and oxygen atoms in total. The van der Waals surface area contributed by atoms with Crippen molar-refractivity contribution in [3.63, 3.8) is 0 Å². The Labute approximate surface area is 185 Å². The summed E-state index contributed by atoms with van der Waals surface area (Å²) in [5.74, 6) is -0.264. The number of carbonyl (C=O) groups excluding carboxylic acids is 1. The molecule has 0 unspecified atom stereocenters. The van der Waals surface area contributed by atoms with Gasteiger partial charge in [-0.05, 0) is 52.9 Å². The number of hydrogen-bond donors (Lipinski definition) is 1. The highest BCUT2D eigenvalue weighted by Gasteiger charge is 2.38. The molecule has 0 spiro atoms. The molecule has 1 aliphatic heterocycles. The molecule has 1 fully saturated rings.